The van der Waals surface area contributed by atoms with E-state index >= 15 is 0 Å². The number of nitrogens with zero attached hydrogens (tertiary/aromatic N) is 1. The summed E-state index contributed by atoms with van der Waals surface area (Å²) in [6.45, 7) is 5.53. The van der Waals surface area contributed by atoms with Gasteiger partial charge in [-0.05, 0) is 38.0 Å². The number of hydrogen-bond donors (Lipinski definition) is 0. The van der Waals surface area contributed by atoms with Gasteiger partial charge < -0.3 is 14.2 Å². The van der Waals surface area contributed by atoms with Crippen LogP contribution in [0.1, 0.15) is 51.8 Å². The van der Waals surface area contributed by atoms with Gasteiger partial charge in [0, 0.05) is 11.1 Å². The van der Waals surface area contributed by atoms with Crippen molar-refractivity contribution in [2.24, 2.45) is 0 Å². The van der Waals surface area contributed by atoms with Gasteiger partial charge in [-0.2, -0.15) is 0 Å². The molecule has 0 amide bonds. The lowest BCUT2D eigenvalue weighted by Crippen LogP contribution is -2.11. The molecule has 4 rings (SSSR count). The number of hydrogen-bond acceptors (Lipinski definition) is 7. The van der Waals surface area contributed by atoms with Crippen LogP contribution in [-0.2, 0) is 14.2 Å². The lowest BCUT2D eigenvalue weighted by atomic mass is 9.99. The normalized spacial score (nSPS) is 10.8. The molecule has 0 radical (unpaired) electrons. The van der Waals surface area contributed by atoms with Crippen LogP contribution in [0.3, 0.4) is 0 Å². The van der Waals surface area contributed by atoms with Gasteiger partial charge in [-0.1, -0.05) is 54.6 Å². The van der Waals surface area contributed by atoms with Gasteiger partial charge in [-0.25, -0.2) is 19.4 Å². The molecule has 0 unspecified atom stereocenters. The highest BCUT2D eigenvalue weighted by molar-refractivity contribution is 6.19. The monoisotopic (exact) mass is 471 g/mol. The van der Waals surface area contributed by atoms with Crippen LogP contribution in [-0.4, -0.2) is 42.7 Å². The Morgan fingerprint density at radius 1 is 0.600 bits per heavy atom. The van der Waals surface area contributed by atoms with E-state index in [-0.39, 0.29) is 47.8 Å². The smallest absolute Gasteiger partial charge is 0.341 e. The van der Waals surface area contributed by atoms with E-state index in [2.05, 4.69) is 0 Å². The molecule has 0 aromatic rings. The molecule has 1 heterocycles. The molecule has 0 saturated carbocycles. The first-order chi connectivity index (χ1) is 17.0. The lowest BCUT2D eigenvalue weighted by molar-refractivity contribution is 0.0512. The maximum atomic E-state index is 13.3. The molecule has 0 aromatic carbocycles. The first-order valence-corrected chi connectivity index (χ1v) is 11.5. The van der Waals surface area contributed by atoms with E-state index < -0.39 is 17.9 Å². The Labute approximate surface area is 203 Å². The largest absolute Gasteiger partial charge is 0.462 e. The van der Waals surface area contributed by atoms with E-state index in [9.17, 15) is 14.4 Å². The molecular weight excluding hydrogens is 446 g/mol. The molecule has 7 nitrogen and oxygen atoms in total. The van der Waals surface area contributed by atoms with Gasteiger partial charge in [-0.3, -0.25) is 0 Å². The first-order valence-electron chi connectivity index (χ1n) is 11.5. The minimum absolute atomic E-state index is 0.135. The third kappa shape index (κ3) is 4.33. The molecular formula is C28H25NO6. The predicted octanol–water partition coefficient (Wildman–Crippen LogP) is 5.49. The molecule has 4 aliphatic rings. The minimum Gasteiger partial charge on any atom is -0.462 e. The van der Waals surface area contributed by atoms with Gasteiger partial charge in [0.2, 0.25) is 0 Å². The van der Waals surface area contributed by atoms with Crippen molar-refractivity contribution < 1.29 is 28.6 Å². The van der Waals surface area contributed by atoms with Gasteiger partial charge in [0.25, 0.3) is 0 Å². The quantitative estimate of drug-likeness (QED) is 0.260. The Balaban J connectivity index is 2.19. The Hall–Kier alpha value is -4.26. The molecule has 0 fully saturated rings. The molecule has 7 heteroatoms. The summed E-state index contributed by atoms with van der Waals surface area (Å²) in [6, 6.07) is 17.7. The number of aromatic nitrogens is 1. The number of esters is 3. The van der Waals surface area contributed by atoms with Gasteiger partial charge in [0.1, 0.15) is 0 Å². The highest BCUT2D eigenvalue weighted by Crippen LogP contribution is 2.46. The number of ether oxygens (including phenoxy) is 3. The van der Waals surface area contributed by atoms with Crippen LogP contribution in [0, 0.1) is 0 Å². The van der Waals surface area contributed by atoms with Crippen molar-refractivity contribution in [1.29, 1.82) is 0 Å². The third-order valence-electron chi connectivity index (χ3n) is 5.51. The fourth-order valence-corrected chi connectivity index (χ4v) is 4.19. The average Bonchev–Trinajstić information content (AvgIpc) is 3.10. The summed E-state index contributed by atoms with van der Waals surface area (Å²) >= 11 is 0. The second-order valence-corrected chi connectivity index (χ2v) is 7.57. The Kier molecular flexibility index (Phi) is 7.06. The first kappa shape index (κ1) is 23.9. The zero-order valence-corrected chi connectivity index (χ0v) is 19.8. The molecule has 0 bridgehead atoms. The molecule has 0 saturated heterocycles. The molecule has 0 N–H and O–H groups in total. The maximum Gasteiger partial charge on any atom is 0.341 e. The van der Waals surface area contributed by atoms with E-state index in [0.29, 0.717) is 22.4 Å². The minimum atomic E-state index is -0.623. The van der Waals surface area contributed by atoms with Crippen LogP contribution < -0.4 is 0 Å². The van der Waals surface area contributed by atoms with Gasteiger partial charge in [0.05, 0.1) is 47.9 Å². The highest BCUT2D eigenvalue weighted by atomic mass is 16.5. The Morgan fingerprint density at radius 2 is 1.03 bits per heavy atom. The molecule has 0 aromatic heterocycles. The van der Waals surface area contributed by atoms with E-state index in [4.69, 9.17) is 19.2 Å². The second kappa shape index (κ2) is 10.3. The zero-order chi connectivity index (χ0) is 24.9. The summed E-state index contributed by atoms with van der Waals surface area (Å²) in [4.78, 5) is 44.5. The van der Waals surface area contributed by atoms with Crippen molar-refractivity contribution in [3.05, 3.63) is 77.4 Å². The van der Waals surface area contributed by atoms with Crippen molar-refractivity contribution in [3.63, 3.8) is 0 Å². The molecule has 0 spiro atoms. The highest BCUT2D eigenvalue weighted by Gasteiger charge is 2.37. The van der Waals surface area contributed by atoms with Crippen molar-refractivity contribution >= 4 is 17.9 Å². The van der Waals surface area contributed by atoms with Crippen molar-refractivity contribution in [3.8, 4) is 33.6 Å². The average molecular weight is 472 g/mol. The second-order valence-electron chi connectivity index (χ2n) is 7.57. The summed E-state index contributed by atoms with van der Waals surface area (Å²) in [5.74, 6) is -1.85. The van der Waals surface area contributed by atoms with Crippen LogP contribution in [0.4, 0.5) is 0 Å². The van der Waals surface area contributed by atoms with E-state index in [1.54, 1.807) is 75.4 Å². The summed E-state index contributed by atoms with van der Waals surface area (Å²) in [5, 5.41) is 0. The van der Waals surface area contributed by atoms with Gasteiger partial charge >= 0.3 is 17.9 Å². The van der Waals surface area contributed by atoms with Gasteiger partial charge in [0.15, 0.2) is 0 Å². The number of fused-ring (bicyclic) bond motifs is 2. The predicted molar refractivity (Wildman–Crippen MR) is 131 cm³/mol. The van der Waals surface area contributed by atoms with Crippen LogP contribution in [0.25, 0.3) is 33.6 Å². The van der Waals surface area contributed by atoms with Crippen LogP contribution in [0.2, 0.25) is 0 Å². The third-order valence-corrected chi connectivity index (χ3v) is 5.51. The summed E-state index contributed by atoms with van der Waals surface area (Å²) < 4.78 is 16.1. The fourth-order valence-electron chi connectivity index (χ4n) is 4.19. The lowest BCUT2D eigenvalue weighted by Gasteiger charge is -2.09. The van der Waals surface area contributed by atoms with Crippen molar-refractivity contribution in [1.82, 2.24) is 4.98 Å². The number of rotatable bonds is 7. The number of carbonyl (C=O) groups excluding carboxylic acids is 3. The molecule has 178 valence electrons. The SMILES string of the molecule is CCOC(=O)c1c2cccccc-2nc1-c1c(C(=O)OCC)c2cccccc-2c1C(=O)OCC. The van der Waals surface area contributed by atoms with Crippen LogP contribution in [0.5, 0.6) is 0 Å². The topological polar surface area (TPSA) is 91.8 Å². The summed E-state index contributed by atoms with van der Waals surface area (Å²) in [6.07, 6.45) is 0. The molecule has 35 heavy (non-hydrogen) atoms. The summed E-state index contributed by atoms with van der Waals surface area (Å²) in [7, 11) is 0. The van der Waals surface area contributed by atoms with Crippen LogP contribution >= 0.6 is 0 Å². The van der Waals surface area contributed by atoms with E-state index in [1.165, 1.54) is 0 Å². The van der Waals surface area contributed by atoms with Gasteiger partial charge in [-0.15, -0.1) is 0 Å². The maximum absolute atomic E-state index is 13.3. The zero-order valence-electron chi connectivity index (χ0n) is 19.8. The van der Waals surface area contributed by atoms with E-state index in [1.807, 2.05) is 6.07 Å². The molecule has 3 aliphatic carbocycles. The summed E-state index contributed by atoms with van der Waals surface area (Å²) in [5.41, 5.74) is 2.92. The fraction of sp³-hybridized carbons (Fsp3) is 0.214. The van der Waals surface area contributed by atoms with Crippen molar-refractivity contribution in [2.45, 2.75) is 20.8 Å². The number of carbonyl (C=O) groups is 3. The van der Waals surface area contributed by atoms with E-state index in [0.717, 1.165) is 0 Å². The Bertz CT molecular complexity index is 1290. The Morgan fingerprint density at radius 3 is 1.51 bits per heavy atom. The molecule has 0 atom stereocenters. The van der Waals surface area contributed by atoms with Crippen molar-refractivity contribution in [2.75, 3.05) is 19.8 Å². The standard InChI is InChI=1S/C28H25NO6/c1-4-33-26(30)21-17-13-9-7-10-14-18(17)22(27(31)34-5-2)24(21)25-23(28(32)35-6-3)19-15-11-8-12-16-20(19)29-25/h7-16H,4-6H2,1-3H3. The molecule has 1 aliphatic heterocycles. The van der Waals surface area contributed by atoms with Crippen LogP contribution in [0.15, 0.2) is 60.7 Å².